The highest BCUT2D eigenvalue weighted by molar-refractivity contribution is 7.81. The average Bonchev–Trinajstić information content (AvgIpc) is 3.58. The first-order valence-corrected chi connectivity index (χ1v) is 20.6. The number of piperazine rings is 1. The van der Waals surface area contributed by atoms with Crippen LogP contribution in [0.5, 0.6) is 0 Å². The summed E-state index contributed by atoms with van der Waals surface area (Å²) in [5.41, 5.74) is 1.34. The minimum atomic E-state index is -0.780. The second-order valence-electron chi connectivity index (χ2n) is 16.3. The Kier molecular flexibility index (Phi) is 12.0. The van der Waals surface area contributed by atoms with Crippen LogP contribution in [0.3, 0.4) is 0 Å². The second kappa shape index (κ2) is 16.6. The molecule has 2 N–H and O–H groups in total. The van der Waals surface area contributed by atoms with E-state index in [0.717, 1.165) is 56.2 Å². The number of benzene rings is 1. The fraction of sp³-hybridized carbons (Fsp3) is 0.575. The molecule has 0 radical (unpaired) electrons. The van der Waals surface area contributed by atoms with Gasteiger partial charge in [0, 0.05) is 56.6 Å². The summed E-state index contributed by atoms with van der Waals surface area (Å²) in [4.78, 5) is 64.0. The molecule has 0 bridgehead atoms. The van der Waals surface area contributed by atoms with Crippen molar-refractivity contribution in [2.75, 3.05) is 43.0 Å². The van der Waals surface area contributed by atoms with Gasteiger partial charge in [0.15, 0.2) is 5.69 Å². The first-order valence-electron chi connectivity index (χ1n) is 19.7. The highest BCUT2D eigenvalue weighted by Gasteiger charge is 2.54. The van der Waals surface area contributed by atoms with E-state index in [1.807, 2.05) is 38.1 Å². The van der Waals surface area contributed by atoms with Crippen molar-refractivity contribution >= 4 is 70.1 Å². The molecule has 3 aliphatic heterocycles. The van der Waals surface area contributed by atoms with E-state index in [4.69, 9.17) is 29.0 Å². The number of nitriles is 1. The predicted molar refractivity (Wildman–Crippen MR) is 219 cm³/mol. The summed E-state index contributed by atoms with van der Waals surface area (Å²) in [7, 11) is 1.80. The summed E-state index contributed by atoms with van der Waals surface area (Å²) in [6, 6.07) is 9.61. The van der Waals surface area contributed by atoms with Crippen LogP contribution in [0.2, 0.25) is 5.02 Å². The zero-order valence-corrected chi connectivity index (χ0v) is 34.7. The van der Waals surface area contributed by atoms with E-state index in [1.165, 1.54) is 6.20 Å². The van der Waals surface area contributed by atoms with E-state index < -0.39 is 17.0 Å². The van der Waals surface area contributed by atoms with E-state index in [2.05, 4.69) is 49.3 Å². The molecule has 17 heteroatoms. The number of piperidine rings is 1. The van der Waals surface area contributed by atoms with Gasteiger partial charge >= 0.3 is 0 Å². The minimum absolute atomic E-state index is 0.0861. The standard InChI is InChI=1S/C40H51ClN10O5S/c1-23-20-48(15-16-56-27-11-9-25(10-12-27)51-39(57)50(38(55)40(51,3)4)26-17-30(41)32(18-42)43-19-26)21-24(2)49(23)22-34(53)44-31-8-6-7-28-35(46-47(5)36(28)31)29-13-14-33(52)45-37(29)54/h6-8,17,19,23-25,27,29,39,57H,9-16,20-22H2,1-5H3,(H,44,53)(H,45,52,54)/t23-,24+,25?,27?,29?,39?. The molecule has 4 amide bonds. The van der Waals surface area contributed by atoms with E-state index >= 15 is 0 Å². The zero-order valence-electron chi connectivity index (χ0n) is 33.1. The number of carbonyl (C=O) groups excluding carboxylic acids is 4. The molecule has 5 heterocycles. The molecule has 1 saturated carbocycles. The largest absolute Gasteiger partial charge is 0.377 e. The highest BCUT2D eigenvalue weighted by atomic mass is 35.5. The number of anilines is 2. The number of aryl methyl sites for hydroxylation is 1. The van der Waals surface area contributed by atoms with Gasteiger partial charge in [-0.25, -0.2) is 4.98 Å². The molecule has 57 heavy (non-hydrogen) atoms. The number of fused-ring (bicyclic) bond motifs is 1. The van der Waals surface area contributed by atoms with Crippen LogP contribution in [-0.2, 0) is 31.0 Å². The Morgan fingerprint density at radius 3 is 2.51 bits per heavy atom. The summed E-state index contributed by atoms with van der Waals surface area (Å²) < 4.78 is 8.11. The van der Waals surface area contributed by atoms with Crippen molar-refractivity contribution in [2.45, 2.75) is 107 Å². The van der Waals surface area contributed by atoms with E-state index in [1.54, 1.807) is 22.7 Å². The Morgan fingerprint density at radius 2 is 1.84 bits per heavy atom. The third kappa shape index (κ3) is 8.15. The molecule has 1 aliphatic carbocycles. The minimum Gasteiger partial charge on any atom is -0.377 e. The molecule has 2 aromatic heterocycles. The maximum atomic E-state index is 13.6. The number of para-hydroxylation sites is 1. The lowest BCUT2D eigenvalue weighted by molar-refractivity contribution is -0.134. The fourth-order valence-electron chi connectivity index (χ4n) is 9.29. The van der Waals surface area contributed by atoms with Crippen molar-refractivity contribution in [3.05, 3.63) is 46.9 Å². The highest BCUT2D eigenvalue weighted by Crippen LogP contribution is 2.42. The van der Waals surface area contributed by atoms with Crippen LogP contribution in [0.4, 0.5) is 11.4 Å². The first-order chi connectivity index (χ1) is 27.2. The lowest BCUT2D eigenvalue weighted by Gasteiger charge is -2.44. The molecule has 7 rings (SSSR count). The number of ether oxygens (including phenoxy) is 1. The van der Waals surface area contributed by atoms with Gasteiger partial charge in [0.2, 0.25) is 23.6 Å². The van der Waals surface area contributed by atoms with Crippen molar-refractivity contribution in [3.63, 3.8) is 0 Å². The van der Waals surface area contributed by atoms with Gasteiger partial charge in [-0.1, -0.05) is 23.7 Å². The summed E-state index contributed by atoms with van der Waals surface area (Å²) in [5.74, 6) is -1.34. The Hall–Kier alpha value is -4.11. The normalized spacial score (nSPS) is 27.5. The summed E-state index contributed by atoms with van der Waals surface area (Å²) in [6.07, 6.45) is 5.84. The van der Waals surface area contributed by atoms with E-state index in [0.29, 0.717) is 30.1 Å². The number of nitrogens with zero attached hydrogens (tertiary/aromatic N) is 8. The number of nitrogens with one attached hydrogen (secondary N) is 2. The van der Waals surface area contributed by atoms with Gasteiger partial charge in [-0.05, 0) is 71.9 Å². The maximum Gasteiger partial charge on any atom is 0.249 e. The number of aromatic nitrogens is 3. The van der Waals surface area contributed by atoms with Crippen LogP contribution in [0.15, 0.2) is 30.5 Å². The van der Waals surface area contributed by atoms with E-state index in [-0.39, 0.29) is 71.5 Å². The molecule has 0 spiro atoms. The van der Waals surface area contributed by atoms with Crippen molar-refractivity contribution in [2.24, 2.45) is 7.05 Å². The lowest BCUT2D eigenvalue weighted by Crippen LogP contribution is -2.58. The van der Waals surface area contributed by atoms with Crippen molar-refractivity contribution in [3.8, 4) is 6.07 Å². The van der Waals surface area contributed by atoms with Gasteiger partial charge in [-0.2, -0.15) is 10.4 Å². The fourth-order valence-corrected chi connectivity index (χ4v) is 10.2. The topological polar surface area (TPSA) is 169 Å². The summed E-state index contributed by atoms with van der Waals surface area (Å²) in [6.45, 7) is 11.5. The van der Waals surface area contributed by atoms with Gasteiger partial charge in [-0.15, -0.1) is 12.6 Å². The Balaban J connectivity index is 0.875. The molecule has 2 unspecified atom stereocenters. The lowest BCUT2D eigenvalue weighted by atomic mass is 9.89. The van der Waals surface area contributed by atoms with Crippen LogP contribution in [0.25, 0.3) is 10.9 Å². The first kappa shape index (κ1) is 41.1. The molecule has 4 aliphatic rings. The monoisotopic (exact) mass is 818 g/mol. The van der Waals surface area contributed by atoms with Gasteiger partial charge in [0.05, 0.1) is 64.5 Å². The molecule has 304 valence electrons. The number of halogens is 1. The zero-order chi connectivity index (χ0) is 40.8. The Bertz CT molecular complexity index is 2090. The quantitative estimate of drug-likeness (QED) is 0.200. The third-order valence-corrected chi connectivity index (χ3v) is 12.9. The SMILES string of the molecule is C[C@@H]1CN(CCOC2CCC(N3C(S)N(c4cnc(C#N)c(Cl)c4)C(=O)C3(C)C)CC2)C[C@H](C)N1CC(=O)Nc1cccc2c(C3CCC(=O)NC3=O)nn(C)c12. The third-order valence-electron chi connectivity index (χ3n) is 12.1. The van der Waals surface area contributed by atoms with Crippen LogP contribution in [-0.4, -0.2) is 121 Å². The molecule has 4 fully saturated rings. The van der Waals surface area contributed by atoms with Gasteiger partial charge in [0.1, 0.15) is 11.6 Å². The molecule has 3 aromatic rings. The second-order valence-corrected chi connectivity index (χ2v) is 17.2. The Morgan fingerprint density at radius 1 is 1.12 bits per heavy atom. The molecule has 1 aromatic carbocycles. The number of hydrogen-bond acceptors (Lipinski definition) is 12. The molecule has 4 atom stereocenters. The smallest absolute Gasteiger partial charge is 0.249 e. The molecule has 3 saturated heterocycles. The number of pyridine rings is 1. The van der Waals surface area contributed by atoms with Crippen LogP contribution in [0.1, 0.15) is 83.5 Å². The Labute approximate surface area is 343 Å². The van der Waals surface area contributed by atoms with Gasteiger partial charge in [-0.3, -0.25) is 48.8 Å². The van der Waals surface area contributed by atoms with Crippen molar-refractivity contribution < 1.29 is 23.9 Å². The number of thiol groups is 1. The van der Waals surface area contributed by atoms with Crippen LogP contribution in [0, 0.1) is 11.3 Å². The van der Waals surface area contributed by atoms with Crippen molar-refractivity contribution in [1.29, 1.82) is 5.26 Å². The van der Waals surface area contributed by atoms with E-state index in [9.17, 15) is 24.4 Å². The number of imide groups is 1. The average molecular weight is 819 g/mol. The molecule has 15 nitrogen and oxygen atoms in total. The number of rotatable bonds is 10. The number of amides is 4. The number of hydrogen-bond donors (Lipinski definition) is 3. The summed E-state index contributed by atoms with van der Waals surface area (Å²) >= 11 is 11.2. The number of carbonyl (C=O) groups is 4. The predicted octanol–water partition coefficient (Wildman–Crippen LogP) is 4.02. The summed E-state index contributed by atoms with van der Waals surface area (Å²) in [5, 5.41) is 20.4. The van der Waals surface area contributed by atoms with Crippen molar-refractivity contribution in [1.82, 2.24) is 34.8 Å². The van der Waals surface area contributed by atoms with Gasteiger partial charge < -0.3 is 10.1 Å². The van der Waals surface area contributed by atoms with Crippen LogP contribution >= 0.6 is 24.2 Å². The van der Waals surface area contributed by atoms with Gasteiger partial charge in [0.25, 0.3) is 0 Å². The molecular formula is C40H51ClN10O5S. The maximum absolute atomic E-state index is 13.6. The molecular weight excluding hydrogens is 768 g/mol. The van der Waals surface area contributed by atoms with Crippen LogP contribution < -0.4 is 15.5 Å².